The largest absolute Gasteiger partial charge is 0.466 e. The number of ether oxygens (including phenoxy) is 2. The predicted molar refractivity (Wildman–Crippen MR) is 99.5 cm³/mol. The highest BCUT2D eigenvalue weighted by Gasteiger charge is 1.99. The number of carbonyl (C=O) groups excluding carboxylic acids is 3. The zero-order valence-electron chi connectivity index (χ0n) is 16.3. The minimum Gasteiger partial charge on any atom is -0.466 e. The number of hydrogen-bond acceptors (Lipinski definition) is 5. The van der Waals surface area contributed by atoms with E-state index in [0.29, 0.717) is 6.61 Å². The molecule has 1 aromatic rings. The Hall–Kier alpha value is -2.17. The number of Topliss-reactive ketones (excluding diaryl/α,β-unsaturated/α-hetero) is 1. The Kier molecular flexibility index (Phi) is 16.7. The van der Waals surface area contributed by atoms with Gasteiger partial charge in [-0.25, -0.2) is 0 Å². The van der Waals surface area contributed by atoms with E-state index in [2.05, 4.69) is 11.7 Å². The van der Waals surface area contributed by atoms with Crippen LogP contribution in [-0.2, 0) is 19.1 Å². The first kappa shape index (κ1) is 25.1. The van der Waals surface area contributed by atoms with Crippen LogP contribution in [0.3, 0.4) is 0 Å². The first-order valence-electron chi connectivity index (χ1n) is 8.61. The Morgan fingerprint density at radius 1 is 0.960 bits per heavy atom. The van der Waals surface area contributed by atoms with Crippen molar-refractivity contribution in [1.29, 1.82) is 0 Å². The van der Waals surface area contributed by atoms with Gasteiger partial charge >= 0.3 is 11.9 Å². The van der Waals surface area contributed by atoms with Crippen LogP contribution < -0.4 is 0 Å². The van der Waals surface area contributed by atoms with Crippen LogP contribution >= 0.6 is 0 Å². The summed E-state index contributed by atoms with van der Waals surface area (Å²) in [5.41, 5.74) is 0.775. The normalized spacial score (nSPS) is 10.2. The number of unbranched alkanes of at least 4 members (excludes halogenated alkanes) is 1. The molecular weight excluding hydrogens is 320 g/mol. The second kappa shape index (κ2) is 16.7. The quantitative estimate of drug-likeness (QED) is 0.425. The van der Waals surface area contributed by atoms with E-state index in [1.54, 1.807) is 6.92 Å². The van der Waals surface area contributed by atoms with Crippen molar-refractivity contribution in [2.45, 2.75) is 66.9 Å². The van der Waals surface area contributed by atoms with Crippen LogP contribution in [0.1, 0.15) is 71.2 Å². The van der Waals surface area contributed by atoms with Crippen LogP contribution in [0, 0.1) is 0 Å². The van der Waals surface area contributed by atoms with Gasteiger partial charge in [0.05, 0.1) is 12.7 Å². The third-order valence-electron chi connectivity index (χ3n) is 2.93. The molecule has 1 rings (SSSR count). The van der Waals surface area contributed by atoms with Gasteiger partial charge in [-0.15, -0.1) is 0 Å². The Morgan fingerprint density at radius 2 is 1.52 bits per heavy atom. The molecule has 0 aliphatic carbocycles. The van der Waals surface area contributed by atoms with Gasteiger partial charge in [-0.3, -0.25) is 14.4 Å². The highest BCUT2D eigenvalue weighted by Crippen LogP contribution is 1.97. The SMILES string of the molecule is CC(=O)c1ccccc1.CCC(C)OC(C)=O.CCCCOC(C)=O. The second-order valence-corrected chi connectivity index (χ2v) is 5.44. The van der Waals surface area contributed by atoms with Gasteiger partial charge in [-0.2, -0.15) is 0 Å². The van der Waals surface area contributed by atoms with Crippen LogP contribution in [0.4, 0.5) is 0 Å². The molecule has 0 radical (unpaired) electrons. The van der Waals surface area contributed by atoms with Crippen LogP contribution in [0.2, 0.25) is 0 Å². The lowest BCUT2D eigenvalue weighted by Gasteiger charge is -2.06. The van der Waals surface area contributed by atoms with Crippen LogP contribution in [0.15, 0.2) is 30.3 Å². The topological polar surface area (TPSA) is 69.7 Å². The lowest BCUT2D eigenvalue weighted by Crippen LogP contribution is -2.09. The molecule has 0 aliphatic rings. The van der Waals surface area contributed by atoms with Gasteiger partial charge in [-0.1, -0.05) is 50.6 Å². The van der Waals surface area contributed by atoms with Gasteiger partial charge in [0.25, 0.3) is 0 Å². The zero-order valence-corrected chi connectivity index (χ0v) is 16.3. The predicted octanol–water partition coefficient (Wildman–Crippen LogP) is 4.59. The smallest absolute Gasteiger partial charge is 0.302 e. The molecule has 0 bridgehead atoms. The van der Waals surface area contributed by atoms with E-state index in [9.17, 15) is 14.4 Å². The average molecular weight is 352 g/mol. The fourth-order valence-electron chi connectivity index (χ4n) is 1.40. The van der Waals surface area contributed by atoms with Crippen LogP contribution in [-0.4, -0.2) is 30.4 Å². The number of benzene rings is 1. The lowest BCUT2D eigenvalue weighted by atomic mass is 10.2. The zero-order chi connectivity index (χ0) is 19.7. The average Bonchev–Trinajstić information content (AvgIpc) is 2.56. The van der Waals surface area contributed by atoms with E-state index in [4.69, 9.17) is 4.74 Å². The molecule has 0 fully saturated rings. The number of carbonyl (C=O) groups is 3. The Morgan fingerprint density at radius 3 is 1.80 bits per heavy atom. The van der Waals surface area contributed by atoms with Crippen molar-refractivity contribution >= 4 is 17.7 Å². The summed E-state index contributed by atoms with van der Waals surface area (Å²) in [4.78, 5) is 30.9. The van der Waals surface area contributed by atoms with Crippen molar-refractivity contribution in [1.82, 2.24) is 0 Å². The van der Waals surface area contributed by atoms with Gasteiger partial charge in [0.1, 0.15) is 0 Å². The van der Waals surface area contributed by atoms with Crippen LogP contribution in [0.25, 0.3) is 0 Å². The maximum Gasteiger partial charge on any atom is 0.302 e. The maximum atomic E-state index is 10.6. The molecule has 1 aromatic carbocycles. The molecule has 1 atom stereocenters. The first-order chi connectivity index (χ1) is 11.7. The molecule has 0 N–H and O–H groups in total. The molecule has 0 aliphatic heterocycles. The van der Waals surface area contributed by atoms with E-state index in [-0.39, 0.29) is 23.8 Å². The molecule has 0 saturated carbocycles. The fraction of sp³-hybridized carbons (Fsp3) is 0.550. The summed E-state index contributed by atoms with van der Waals surface area (Å²) >= 11 is 0. The summed E-state index contributed by atoms with van der Waals surface area (Å²) in [6, 6.07) is 9.23. The van der Waals surface area contributed by atoms with Crippen molar-refractivity contribution in [3.05, 3.63) is 35.9 Å². The van der Waals surface area contributed by atoms with E-state index in [1.165, 1.54) is 13.8 Å². The number of esters is 2. The van der Waals surface area contributed by atoms with Crippen molar-refractivity contribution < 1.29 is 23.9 Å². The molecule has 142 valence electrons. The highest BCUT2D eigenvalue weighted by atomic mass is 16.5. The molecule has 5 nitrogen and oxygen atoms in total. The summed E-state index contributed by atoms with van der Waals surface area (Å²) in [5.74, 6) is -0.256. The second-order valence-electron chi connectivity index (χ2n) is 5.44. The van der Waals surface area contributed by atoms with E-state index < -0.39 is 0 Å². The van der Waals surface area contributed by atoms with Crippen molar-refractivity contribution in [2.75, 3.05) is 6.61 Å². The Labute approximate surface area is 151 Å². The van der Waals surface area contributed by atoms with Gasteiger partial charge in [0, 0.05) is 19.4 Å². The molecule has 0 heterocycles. The molecule has 25 heavy (non-hydrogen) atoms. The summed E-state index contributed by atoms with van der Waals surface area (Å²) in [6.07, 6.45) is 3.01. The van der Waals surface area contributed by atoms with Crippen LogP contribution in [0.5, 0.6) is 0 Å². The van der Waals surface area contributed by atoms with E-state index in [1.807, 2.05) is 44.2 Å². The monoisotopic (exact) mass is 352 g/mol. The molecule has 0 saturated heterocycles. The van der Waals surface area contributed by atoms with Gasteiger partial charge in [0.2, 0.25) is 0 Å². The third-order valence-corrected chi connectivity index (χ3v) is 2.93. The summed E-state index contributed by atoms with van der Waals surface area (Å²) in [6.45, 7) is 10.9. The van der Waals surface area contributed by atoms with Crippen molar-refractivity contribution in [3.63, 3.8) is 0 Å². The van der Waals surface area contributed by atoms with E-state index >= 15 is 0 Å². The molecule has 5 heteroatoms. The van der Waals surface area contributed by atoms with Gasteiger partial charge < -0.3 is 9.47 Å². The molecule has 0 spiro atoms. The van der Waals surface area contributed by atoms with Gasteiger partial charge in [0.15, 0.2) is 5.78 Å². The van der Waals surface area contributed by atoms with Crippen molar-refractivity contribution in [2.24, 2.45) is 0 Å². The Bertz CT molecular complexity index is 482. The summed E-state index contributed by atoms with van der Waals surface area (Å²) in [7, 11) is 0. The standard InChI is InChI=1S/C8H8O.2C6H12O2/c1-7(9)8-5-3-2-4-6-8;1-4-5(2)8-6(3)7;1-3-4-5-8-6(2)7/h2-6H,1H3;5H,4H2,1-3H3;3-5H2,1-2H3. The maximum absolute atomic E-state index is 10.6. The Balaban J connectivity index is 0. The minimum atomic E-state index is -0.195. The molecule has 1 unspecified atom stereocenters. The minimum absolute atomic E-state index is 0.0764. The number of rotatable bonds is 6. The van der Waals surface area contributed by atoms with Gasteiger partial charge in [-0.05, 0) is 26.7 Å². The highest BCUT2D eigenvalue weighted by molar-refractivity contribution is 5.93. The molecular formula is C20H32O5. The number of ketones is 1. The summed E-state index contributed by atoms with van der Waals surface area (Å²) in [5, 5.41) is 0. The van der Waals surface area contributed by atoms with Crippen molar-refractivity contribution in [3.8, 4) is 0 Å². The third kappa shape index (κ3) is 19.8. The molecule has 0 amide bonds. The lowest BCUT2D eigenvalue weighted by molar-refractivity contribution is -0.145. The summed E-state index contributed by atoms with van der Waals surface area (Å²) < 4.78 is 9.40. The molecule has 0 aromatic heterocycles. The first-order valence-corrected chi connectivity index (χ1v) is 8.61. The fourth-order valence-corrected chi connectivity index (χ4v) is 1.40. The number of hydrogen-bond donors (Lipinski definition) is 0. The van der Waals surface area contributed by atoms with E-state index in [0.717, 1.165) is 24.8 Å².